The number of rotatable bonds is 1. The van der Waals surface area contributed by atoms with Crippen LogP contribution in [0.1, 0.15) is 43.7 Å². The number of hydrogen-bond acceptors (Lipinski definition) is 5. The van der Waals surface area contributed by atoms with Gasteiger partial charge in [0.2, 0.25) is 0 Å². The molecule has 0 radical (unpaired) electrons. The third-order valence-corrected chi connectivity index (χ3v) is 5.35. The molecule has 2 aliphatic rings. The molecule has 2 aromatic rings. The number of hydrogen-bond donors (Lipinski definition) is 3. The second kappa shape index (κ2) is 5.70. The predicted octanol–water partition coefficient (Wildman–Crippen LogP) is 1.98. The number of phenolic OH excluding ortho intramolecular Hbond substituents is 1. The summed E-state index contributed by atoms with van der Waals surface area (Å²) in [6, 6.07) is 6.48. The largest absolute Gasteiger partial charge is 0.508 e. The molecule has 2 heterocycles. The number of carbonyl (C=O) groups excluding carboxylic acids is 1. The highest BCUT2D eigenvalue weighted by Gasteiger charge is 2.42. The van der Waals surface area contributed by atoms with E-state index in [9.17, 15) is 19.5 Å². The van der Waals surface area contributed by atoms with Gasteiger partial charge in [0, 0.05) is 30.7 Å². The van der Waals surface area contributed by atoms with Crippen LogP contribution in [-0.4, -0.2) is 20.4 Å². The maximum absolute atomic E-state index is 13.0. The van der Waals surface area contributed by atoms with E-state index in [0.717, 1.165) is 11.3 Å². The van der Waals surface area contributed by atoms with Crippen LogP contribution in [0.4, 0.5) is 5.82 Å². The highest BCUT2D eigenvalue weighted by atomic mass is 16.3. The molecule has 27 heavy (non-hydrogen) atoms. The molecule has 0 unspecified atom stereocenters. The van der Waals surface area contributed by atoms with E-state index >= 15 is 0 Å². The Morgan fingerprint density at radius 3 is 2.44 bits per heavy atom. The van der Waals surface area contributed by atoms with Crippen LogP contribution in [0.2, 0.25) is 0 Å². The van der Waals surface area contributed by atoms with E-state index in [4.69, 9.17) is 0 Å². The Bertz CT molecular complexity index is 1100. The second-order valence-corrected chi connectivity index (χ2v) is 8.06. The van der Waals surface area contributed by atoms with Gasteiger partial charge >= 0.3 is 5.69 Å². The van der Waals surface area contributed by atoms with Crippen molar-refractivity contribution < 1.29 is 9.90 Å². The number of Topliss-reactive ketones (excluding diaryl/α,β-unsaturated/α-hetero) is 1. The number of nitrogens with zero attached hydrogens (tertiary/aromatic N) is 1. The molecule has 140 valence electrons. The number of anilines is 1. The van der Waals surface area contributed by atoms with E-state index in [1.807, 2.05) is 13.8 Å². The summed E-state index contributed by atoms with van der Waals surface area (Å²) in [7, 11) is 1.58. The summed E-state index contributed by atoms with van der Waals surface area (Å²) >= 11 is 0. The summed E-state index contributed by atoms with van der Waals surface area (Å²) < 4.78 is 1.36. The molecule has 1 aliphatic carbocycles. The van der Waals surface area contributed by atoms with Crippen molar-refractivity contribution in [2.45, 2.75) is 32.6 Å². The molecule has 1 aromatic heterocycles. The van der Waals surface area contributed by atoms with Crippen molar-refractivity contribution >= 4 is 11.6 Å². The minimum absolute atomic E-state index is 0.00859. The van der Waals surface area contributed by atoms with Crippen LogP contribution in [0.25, 0.3) is 0 Å². The monoisotopic (exact) mass is 367 g/mol. The molecule has 0 saturated heterocycles. The zero-order valence-corrected chi connectivity index (χ0v) is 15.4. The maximum Gasteiger partial charge on any atom is 0.329 e. The minimum Gasteiger partial charge on any atom is -0.508 e. The molecule has 0 bridgehead atoms. The topological polar surface area (TPSA) is 104 Å². The summed E-state index contributed by atoms with van der Waals surface area (Å²) in [6.45, 7) is 4.05. The molecule has 1 atom stereocenters. The molecule has 1 aliphatic heterocycles. The average molecular weight is 367 g/mol. The Labute approximate surface area is 155 Å². The highest BCUT2D eigenvalue weighted by Crippen LogP contribution is 2.47. The van der Waals surface area contributed by atoms with E-state index in [0.29, 0.717) is 29.8 Å². The lowest BCUT2D eigenvalue weighted by atomic mass is 9.69. The number of ketones is 1. The molecule has 1 aromatic carbocycles. The van der Waals surface area contributed by atoms with Crippen molar-refractivity contribution in [3.8, 4) is 5.75 Å². The molecule has 0 fully saturated rings. The summed E-state index contributed by atoms with van der Waals surface area (Å²) in [5.41, 5.74) is 1.15. The van der Waals surface area contributed by atoms with Crippen LogP contribution in [0.15, 0.2) is 45.1 Å². The van der Waals surface area contributed by atoms with Crippen molar-refractivity contribution in [3.63, 3.8) is 0 Å². The number of aromatic hydroxyl groups is 1. The van der Waals surface area contributed by atoms with E-state index < -0.39 is 17.2 Å². The molecule has 0 amide bonds. The fourth-order valence-corrected chi connectivity index (χ4v) is 4.13. The van der Waals surface area contributed by atoms with Crippen LogP contribution in [0.5, 0.6) is 5.75 Å². The minimum atomic E-state index is -0.587. The van der Waals surface area contributed by atoms with E-state index in [1.54, 1.807) is 19.2 Å². The number of nitrogens with one attached hydrogen (secondary N) is 2. The average Bonchev–Trinajstić information content (AvgIpc) is 2.57. The number of H-pyrrole nitrogens is 1. The third-order valence-electron chi connectivity index (χ3n) is 5.35. The quantitative estimate of drug-likeness (QED) is 0.715. The van der Waals surface area contributed by atoms with Gasteiger partial charge < -0.3 is 10.4 Å². The zero-order valence-electron chi connectivity index (χ0n) is 15.4. The van der Waals surface area contributed by atoms with Gasteiger partial charge in [0.25, 0.3) is 5.56 Å². The molecular weight excluding hydrogens is 346 g/mol. The lowest BCUT2D eigenvalue weighted by Gasteiger charge is -2.39. The fourth-order valence-electron chi connectivity index (χ4n) is 4.13. The standard InChI is InChI=1S/C20H21N3O4/c1-20(2)8-12-15(13(25)9-20)14(10-4-6-11(24)7-5-10)16-17(21-12)23(3)19(27)22-18(16)26/h4-7,14,21,24H,8-9H2,1-3H3,(H,22,26,27)/t14-/m1/s1. The van der Waals surface area contributed by atoms with Gasteiger partial charge in [0.1, 0.15) is 11.6 Å². The van der Waals surface area contributed by atoms with Crippen LogP contribution in [-0.2, 0) is 11.8 Å². The molecule has 0 spiro atoms. The van der Waals surface area contributed by atoms with Gasteiger partial charge in [-0.15, -0.1) is 0 Å². The number of aromatic amines is 1. The lowest BCUT2D eigenvalue weighted by molar-refractivity contribution is -0.118. The molecule has 3 N–H and O–H groups in total. The van der Waals surface area contributed by atoms with Crippen LogP contribution < -0.4 is 16.6 Å². The van der Waals surface area contributed by atoms with Crippen molar-refractivity contribution in [2.24, 2.45) is 12.5 Å². The second-order valence-electron chi connectivity index (χ2n) is 8.06. The van der Waals surface area contributed by atoms with Crippen molar-refractivity contribution in [2.75, 3.05) is 5.32 Å². The van der Waals surface area contributed by atoms with Gasteiger partial charge in [-0.1, -0.05) is 26.0 Å². The fraction of sp³-hybridized carbons (Fsp3) is 0.350. The third kappa shape index (κ3) is 2.70. The number of carbonyl (C=O) groups is 1. The van der Waals surface area contributed by atoms with Gasteiger partial charge in [-0.2, -0.15) is 0 Å². The van der Waals surface area contributed by atoms with E-state index in [-0.39, 0.29) is 16.9 Å². The SMILES string of the molecule is Cn1c2c(c(=O)[nH]c1=O)[C@H](c1ccc(O)cc1)C1=C(CC(C)(C)CC1=O)N2. The lowest BCUT2D eigenvalue weighted by Crippen LogP contribution is -2.41. The van der Waals surface area contributed by atoms with Crippen molar-refractivity contribution in [1.29, 1.82) is 0 Å². The first-order valence-electron chi connectivity index (χ1n) is 8.83. The summed E-state index contributed by atoms with van der Waals surface area (Å²) in [5.74, 6) is -0.0830. The molecular formula is C20H21N3O4. The van der Waals surface area contributed by atoms with E-state index in [1.165, 1.54) is 16.7 Å². The Kier molecular flexibility index (Phi) is 3.66. The Hall–Kier alpha value is -3.09. The molecule has 4 rings (SSSR count). The first-order valence-corrected chi connectivity index (χ1v) is 8.83. The number of fused-ring (bicyclic) bond motifs is 1. The van der Waals surface area contributed by atoms with Crippen molar-refractivity contribution in [1.82, 2.24) is 9.55 Å². The number of phenols is 1. The van der Waals surface area contributed by atoms with Crippen molar-refractivity contribution in [3.05, 3.63) is 67.5 Å². The molecule has 0 saturated carbocycles. The van der Waals surface area contributed by atoms with Gasteiger partial charge in [-0.05, 0) is 29.5 Å². The number of aromatic nitrogens is 2. The van der Waals surface area contributed by atoms with Gasteiger partial charge in [0.15, 0.2) is 5.78 Å². The summed E-state index contributed by atoms with van der Waals surface area (Å²) in [4.78, 5) is 40.2. The van der Waals surface area contributed by atoms with E-state index in [2.05, 4.69) is 10.3 Å². The number of allylic oxidation sites excluding steroid dienone is 2. The molecule has 7 heteroatoms. The van der Waals surface area contributed by atoms with Gasteiger partial charge in [0.05, 0.1) is 5.56 Å². The van der Waals surface area contributed by atoms with Crippen LogP contribution in [0.3, 0.4) is 0 Å². The van der Waals surface area contributed by atoms with Crippen LogP contribution >= 0.6 is 0 Å². The Morgan fingerprint density at radius 2 is 1.78 bits per heavy atom. The maximum atomic E-state index is 13.0. The summed E-state index contributed by atoms with van der Waals surface area (Å²) in [6.07, 6.45) is 1.03. The van der Waals surface area contributed by atoms with Crippen LogP contribution in [0, 0.1) is 5.41 Å². The Balaban J connectivity index is 2.04. The first-order chi connectivity index (χ1) is 12.7. The summed E-state index contributed by atoms with van der Waals surface area (Å²) in [5, 5.41) is 12.8. The predicted molar refractivity (Wildman–Crippen MR) is 101 cm³/mol. The zero-order chi connectivity index (χ0) is 19.5. The Morgan fingerprint density at radius 1 is 1.11 bits per heavy atom. The molecule has 7 nitrogen and oxygen atoms in total. The highest BCUT2D eigenvalue weighted by molar-refractivity contribution is 6.01. The number of benzene rings is 1. The van der Waals surface area contributed by atoms with Gasteiger partial charge in [-0.25, -0.2) is 4.79 Å². The van der Waals surface area contributed by atoms with Gasteiger partial charge in [-0.3, -0.25) is 19.1 Å². The normalized spacial score (nSPS) is 20.7. The smallest absolute Gasteiger partial charge is 0.329 e. The first kappa shape index (κ1) is 17.3.